The molecule has 0 aliphatic heterocycles. The Kier molecular flexibility index (Phi) is 3.20. The van der Waals surface area contributed by atoms with Crippen molar-refractivity contribution in [1.82, 2.24) is 14.5 Å². The second-order valence-electron chi connectivity index (χ2n) is 4.67. The van der Waals surface area contributed by atoms with Gasteiger partial charge in [-0.25, -0.2) is 13.1 Å². The molecule has 0 fully saturated rings. The van der Waals surface area contributed by atoms with E-state index in [1.54, 1.807) is 23.7 Å². The van der Waals surface area contributed by atoms with Crippen molar-refractivity contribution in [2.24, 2.45) is 7.05 Å². The summed E-state index contributed by atoms with van der Waals surface area (Å²) in [5.74, 6) is 0. The second-order valence-corrected chi connectivity index (χ2v) is 7.56. The average molecular weight is 297 g/mol. The maximum absolute atomic E-state index is 12.3. The summed E-state index contributed by atoms with van der Waals surface area (Å²) in [7, 11) is -1.52. The van der Waals surface area contributed by atoms with Crippen molar-refractivity contribution in [2.45, 2.75) is 29.5 Å². The van der Waals surface area contributed by atoms with E-state index in [1.165, 1.54) is 11.3 Å². The third-order valence-electron chi connectivity index (χ3n) is 3.43. The smallest absolute Gasteiger partial charge is 0.250 e. The highest BCUT2D eigenvalue weighted by molar-refractivity contribution is 7.91. The minimum Gasteiger partial charge on any atom is -0.272 e. The number of fused-ring (bicyclic) bond motifs is 1. The molecular weight excluding hydrogens is 282 g/mol. The Labute approximate surface area is 116 Å². The highest BCUT2D eigenvalue weighted by Gasteiger charge is 2.28. The van der Waals surface area contributed by atoms with Crippen molar-refractivity contribution >= 4 is 21.4 Å². The molecule has 0 aromatic carbocycles. The van der Waals surface area contributed by atoms with E-state index in [2.05, 4.69) is 9.82 Å². The van der Waals surface area contributed by atoms with E-state index < -0.39 is 10.0 Å². The quantitative estimate of drug-likeness (QED) is 0.940. The summed E-state index contributed by atoms with van der Waals surface area (Å²) in [6, 6.07) is 3.21. The van der Waals surface area contributed by atoms with E-state index in [9.17, 15) is 8.42 Å². The first kappa shape index (κ1) is 12.8. The lowest BCUT2D eigenvalue weighted by Gasteiger charge is -2.23. The molecule has 1 N–H and O–H groups in total. The summed E-state index contributed by atoms with van der Waals surface area (Å²) in [5, 5.41) is 5.99. The molecule has 2 aromatic heterocycles. The van der Waals surface area contributed by atoms with Gasteiger partial charge in [0, 0.05) is 18.3 Å². The fourth-order valence-electron chi connectivity index (χ4n) is 2.49. The SMILES string of the molecule is Cn1ncc2c1CCC[C@H]2NS(=O)(=O)c1cccs1. The molecule has 2 heterocycles. The van der Waals surface area contributed by atoms with Gasteiger partial charge in [-0.3, -0.25) is 4.68 Å². The summed E-state index contributed by atoms with van der Waals surface area (Å²) >= 11 is 1.23. The number of hydrogen-bond donors (Lipinski definition) is 1. The van der Waals surface area contributed by atoms with Crippen LogP contribution in [0, 0.1) is 0 Å². The zero-order valence-electron chi connectivity index (χ0n) is 10.5. The van der Waals surface area contributed by atoms with Crippen molar-refractivity contribution in [3.8, 4) is 0 Å². The Balaban J connectivity index is 1.89. The highest BCUT2D eigenvalue weighted by atomic mass is 32.2. The zero-order valence-corrected chi connectivity index (χ0v) is 12.2. The molecule has 0 radical (unpaired) electrons. The molecule has 0 unspecified atom stereocenters. The third kappa shape index (κ3) is 2.33. The fourth-order valence-corrected chi connectivity index (χ4v) is 4.75. The predicted octanol–water partition coefficient (Wildman–Crippen LogP) is 1.84. The van der Waals surface area contributed by atoms with Crippen LogP contribution in [-0.2, 0) is 23.5 Å². The van der Waals surface area contributed by atoms with Gasteiger partial charge in [0.25, 0.3) is 10.0 Å². The predicted molar refractivity (Wildman–Crippen MR) is 73.5 cm³/mol. The summed E-state index contributed by atoms with van der Waals surface area (Å²) in [6.07, 6.45) is 4.53. The third-order valence-corrected chi connectivity index (χ3v) is 6.30. The van der Waals surface area contributed by atoms with Crippen molar-refractivity contribution in [3.63, 3.8) is 0 Å². The van der Waals surface area contributed by atoms with Crippen molar-refractivity contribution < 1.29 is 8.42 Å². The highest BCUT2D eigenvalue weighted by Crippen LogP contribution is 2.31. The Morgan fingerprint density at radius 1 is 1.53 bits per heavy atom. The minimum absolute atomic E-state index is 0.162. The molecule has 1 aliphatic rings. The van der Waals surface area contributed by atoms with E-state index in [0.29, 0.717) is 4.21 Å². The van der Waals surface area contributed by atoms with Gasteiger partial charge in [-0.15, -0.1) is 11.3 Å². The van der Waals surface area contributed by atoms with Gasteiger partial charge in [-0.1, -0.05) is 6.07 Å². The Morgan fingerprint density at radius 3 is 3.11 bits per heavy atom. The first-order valence-corrected chi connectivity index (χ1v) is 8.51. The van der Waals surface area contributed by atoms with E-state index in [1.807, 2.05) is 11.7 Å². The van der Waals surface area contributed by atoms with Gasteiger partial charge in [0.2, 0.25) is 0 Å². The summed E-state index contributed by atoms with van der Waals surface area (Å²) < 4.78 is 29.5. The van der Waals surface area contributed by atoms with Crippen LogP contribution in [0.15, 0.2) is 27.9 Å². The van der Waals surface area contributed by atoms with E-state index >= 15 is 0 Å². The average Bonchev–Trinajstić information content (AvgIpc) is 3.00. The van der Waals surface area contributed by atoms with Gasteiger partial charge in [-0.2, -0.15) is 5.10 Å². The monoisotopic (exact) mass is 297 g/mol. The van der Waals surface area contributed by atoms with Crippen LogP contribution < -0.4 is 4.72 Å². The number of sulfonamides is 1. The molecular formula is C12H15N3O2S2. The molecule has 3 rings (SSSR count). The largest absolute Gasteiger partial charge is 0.272 e. The normalized spacial score (nSPS) is 19.3. The van der Waals surface area contributed by atoms with E-state index in [0.717, 1.165) is 30.5 Å². The van der Waals surface area contributed by atoms with E-state index in [-0.39, 0.29) is 6.04 Å². The second kappa shape index (κ2) is 4.73. The fraction of sp³-hybridized carbons (Fsp3) is 0.417. The lowest BCUT2D eigenvalue weighted by Crippen LogP contribution is -2.30. The van der Waals surface area contributed by atoms with Gasteiger partial charge >= 0.3 is 0 Å². The number of aromatic nitrogens is 2. The van der Waals surface area contributed by atoms with Crippen LogP contribution in [0.4, 0.5) is 0 Å². The number of thiophene rings is 1. The molecule has 19 heavy (non-hydrogen) atoms. The molecule has 5 nitrogen and oxygen atoms in total. The number of aryl methyl sites for hydroxylation is 1. The minimum atomic E-state index is -3.42. The molecule has 0 saturated carbocycles. The Morgan fingerprint density at radius 2 is 2.37 bits per heavy atom. The molecule has 1 atom stereocenters. The zero-order chi connectivity index (χ0) is 13.5. The van der Waals surface area contributed by atoms with Crippen molar-refractivity contribution in [3.05, 3.63) is 35.0 Å². The molecule has 0 saturated heterocycles. The molecule has 1 aliphatic carbocycles. The summed E-state index contributed by atoms with van der Waals surface area (Å²) in [5.41, 5.74) is 2.14. The molecule has 0 amide bonds. The summed E-state index contributed by atoms with van der Waals surface area (Å²) in [6.45, 7) is 0. The first-order valence-electron chi connectivity index (χ1n) is 6.14. The van der Waals surface area contributed by atoms with Crippen LogP contribution >= 0.6 is 11.3 Å². The van der Waals surface area contributed by atoms with Crippen LogP contribution in [0.25, 0.3) is 0 Å². The van der Waals surface area contributed by atoms with Gasteiger partial charge in [-0.05, 0) is 30.7 Å². The maximum atomic E-state index is 12.3. The molecule has 2 aromatic rings. The van der Waals surface area contributed by atoms with Crippen LogP contribution in [0.5, 0.6) is 0 Å². The lowest BCUT2D eigenvalue weighted by molar-refractivity contribution is 0.499. The van der Waals surface area contributed by atoms with E-state index in [4.69, 9.17) is 0 Å². The number of hydrogen-bond acceptors (Lipinski definition) is 4. The summed E-state index contributed by atoms with van der Waals surface area (Å²) in [4.78, 5) is 0. The van der Waals surface area contributed by atoms with Gasteiger partial charge < -0.3 is 0 Å². The number of rotatable bonds is 3. The van der Waals surface area contributed by atoms with Crippen LogP contribution in [0.3, 0.4) is 0 Å². The van der Waals surface area contributed by atoms with Crippen LogP contribution in [0.2, 0.25) is 0 Å². The number of nitrogens with zero attached hydrogens (tertiary/aromatic N) is 2. The Hall–Kier alpha value is -1.18. The van der Waals surface area contributed by atoms with Gasteiger partial charge in [0.15, 0.2) is 0 Å². The maximum Gasteiger partial charge on any atom is 0.250 e. The topological polar surface area (TPSA) is 64.0 Å². The lowest BCUT2D eigenvalue weighted by atomic mass is 9.94. The molecule has 0 spiro atoms. The number of nitrogens with one attached hydrogen (secondary N) is 1. The Bertz CT molecular complexity index is 674. The first-order chi connectivity index (χ1) is 9.08. The standard InChI is InChI=1S/C12H15N3O2S2/c1-15-11-5-2-4-10(9(11)8-13-15)14-19(16,17)12-6-3-7-18-12/h3,6-8,10,14H,2,4-5H2,1H3/t10-/m1/s1. The molecule has 0 bridgehead atoms. The van der Waals surface area contributed by atoms with Crippen molar-refractivity contribution in [1.29, 1.82) is 0 Å². The van der Waals surface area contributed by atoms with Gasteiger partial charge in [0.1, 0.15) is 4.21 Å². The molecule has 102 valence electrons. The van der Waals surface area contributed by atoms with Crippen LogP contribution in [-0.4, -0.2) is 18.2 Å². The van der Waals surface area contributed by atoms with Crippen LogP contribution in [0.1, 0.15) is 30.1 Å². The van der Waals surface area contributed by atoms with Gasteiger partial charge in [0.05, 0.1) is 12.2 Å². The molecule has 7 heteroatoms. The van der Waals surface area contributed by atoms with Crippen molar-refractivity contribution in [2.75, 3.05) is 0 Å².